The van der Waals surface area contributed by atoms with E-state index < -0.39 is 0 Å². The molecule has 0 spiro atoms. The van der Waals surface area contributed by atoms with Crippen LogP contribution in [0.25, 0.3) is 10.8 Å². The summed E-state index contributed by atoms with van der Waals surface area (Å²) in [6, 6.07) is 9.17. The molecule has 0 radical (unpaired) electrons. The molecule has 0 amide bonds. The van der Waals surface area contributed by atoms with Gasteiger partial charge in [0.05, 0.1) is 0 Å². The number of benzene rings is 2. The molecule has 0 fully saturated rings. The largest absolute Gasteiger partial charge is 0.426 e. The van der Waals surface area contributed by atoms with E-state index in [2.05, 4.69) is 0 Å². The van der Waals surface area contributed by atoms with Gasteiger partial charge in [-0.1, -0.05) is 38.1 Å². The third-order valence-electron chi connectivity index (χ3n) is 3.11. The van der Waals surface area contributed by atoms with Crippen molar-refractivity contribution in [3.05, 3.63) is 35.9 Å². The Morgan fingerprint density at radius 1 is 0.952 bits per heavy atom. The zero-order valence-corrected chi connectivity index (χ0v) is 12.6. The second kappa shape index (κ2) is 5.95. The Labute approximate surface area is 123 Å². The van der Waals surface area contributed by atoms with Crippen LogP contribution in [0.1, 0.15) is 39.2 Å². The van der Waals surface area contributed by atoms with Crippen LogP contribution in [-0.4, -0.2) is 11.9 Å². The van der Waals surface area contributed by atoms with Gasteiger partial charge in [0.2, 0.25) is 0 Å². The lowest BCUT2D eigenvalue weighted by atomic mass is 9.96. The molecule has 0 unspecified atom stereocenters. The first-order valence-corrected chi connectivity index (χ1v) is 6.82. The molecule has 0 N–H and O–H groups in total. The first-order chi connectivity index (χ1) is 9.90. The fourth-order valence-electron chi connectivity index (χ4n) is 2.26. The van der Waals surface area contributed by atoms with Crippen molar-refractivity contribution in [3.8, 4) is 11.5 Å². The minimum atomic E-state index is -0.380. The van der Waals surface area contributed by atoms with Crippen LogP contribution in [-0.2, 0) is 9.59 Å². The first kappa shape index (κ1) is 15.0. The molecule has 0 aromatic heterocycles. The Balaban J connectivity index is 2.77. The summed E-state index contributed by atoms with van der Waals surface area (Å²) >= 11 is 0. The average Bonchev–Trinajstić information content (AvgIpc) is 2.40. The number of esters is 2. The van der Waals surface area contributed by atoms with Gasteiger partial charge in [0.1, 0.15) is 11.5 Å². The van der Waals surface area contributed by atoms with Gasteiger partial charge in [-0.3, -0.25) is 9.59 Å². The van der Waals surface area contributed by atoms with E-state index >= 15 is 0 Å². The van der Waals surface area contributed by atoms with Crippen molar-refractivity contribution in [1.29, 1.82) is 0 Å². The van der Waals surface area contributed by atoms with Crippen molar-refractivity contribution >= 4 is 22.7 Å². The number of fused-ring (bicyclic) bond motifs is 1. The minimum Gasteiger partial charge on any atom is -0.426 e. The molecule has 0 saturated carbocycles. The van der Waals surface area contributed by atoms with Crippen LogP contribution in [0.5, 0.6) is 11.5 Å². The number of carbonyl (C=O) groups is 2. The lowest BCUT2D eigenvalue weighted by molar-refractivity contribution is -0.133. The van der Waals surface area contributed by atoms with Crippen LogP contribution >= 0.6 is 0 Å². The summed E-state index contributed by atoms with van der Waals surface area (Å²) < 4.78 is 10.7. The number of carbonyl (C=O) groups excluding carboxylic acids is 2. The highest BCUT2D eigenvalue weighted by Crippen LogP contribution is 2.40. The molecule has 0 heterocycles. The highest BCUT2D eigenvalue weighted by molar-refractivity contribution is 5.97. The number of ether oxygens (including phenoxy) is 2. The Morgan fingerprint density at radius 2 is 1.52 bits per heavy atom. The summed E-state index contributed by atoms with van der Waals surface area (Å²) in [5.74, 6) is 0.386. The van der Waals surface area contributed by atoms with Crippen molar-refractivity contribution in [2.24, 2.45) is 0 Å². The summed E-state index contributed by atoms with van der Waals surface area (Å²) in [4.78, 5) is 22.7. The van der Waals surface area contributed by atoms with Gasteiger partial charge in [0, 0.05) is 30.2 Å². The van der Waals surface area contributed by atoms with Gasteiger partial charge in [-0.25, -0.2) is 0 Å². The molecule has 0 atom stereocenters. The van der Waals surface area contributed by atoms with Gasteiger partial charge in [0.15, 0.2) is 0 Å². The SMILES string of the molecule is CC(=O)Oc1cc(C(C)C)c(OC(C)=O)c2ccccc12. The van der Waals surface area contributed by atoms with Crippen LogP contribution in [0.4, 0.5) is 0 Å². The molecule has 2 aromatic rings. The molecule has 110 valence electrons. The Morgan fingerprint density at radius 3 is 2.05 bits per heavy atom. The molecule has 0 aliphatic rings. The third kappa shape index (κ3) is 3.21. The Bertz CT molecular complexity index is 701. The maximum atomic E-state index is 11.4. The lowest BCUT2D eigenvalue weighted by Crippen LogP contribution is -2.08. The number of hydrogen-bond acceptors (Lipinski definition) is 4. The third-order valence-corrected chi connectivity index (χ3v) is 3.11. The normalized spacial score (nSPS) is 10.7. The van der Waals surface area contributed by atoms with Crippen LogP contribution in [0.3, 0.4) is 0 Å². The van der Waals surface area contributed by atoms with E-state index in [0.29, 0.717) is 11.5 Å². The first-order valence-electron chi connectivity index (χ1n) is 6.82. The van der Waals surface area contributed by atoms with E-state index in [9.17, 15) is 9.59 Å². The average molecular weight is 286 g/mol. The molecule has 21 heavy (non-hydrogen) atoms. The predicted octanol–water partition coefficient (Wildman–Crippen LogP) is 3.81. The van der Waals surface area contributed by atoms with Gasteiger partial charge < -0.3 is 9.47 Å². The molecule has 4 nitrogen and oxygen atoms in total. The molecular weight excluding hydrogens is 268 g/mol. The smallest absolute Gasteiger partial charge is 0.308 e. The maximum Gasteiger partial charge on any atom is 0.308 e. The fraction of sp³-hybridized carbons (Fsp3) is 0.294. The predicted molar refractivity (Wildman–Crippen MR) is 80.7 cm³/mol. The summed E-state index contributed by atoms with van der Waals surface area (Å²) in [6.45, 7) is 6.73. The second-order valence-electron chi connectivity index (χ2n) is 5.18. The van der Waals surface area contributed by atoms with Gasteiger partial charge in [-0.15, -0.1) is 0 Å². The van der Waals surface area contributed by atoms with E-state index in [0.717, 1.165) is 16.3 Å². The van der Waals surface area contributed by atoms with E-state index in [1.165, 1.54) is 13.8 Å². The van der Waals surface area contributed by atoms with Crippen molar-refractivity contribution in [2.45, 2.75) is 33.6 Å². The molecule has 0 aliphatic heterocycles. The number of rotatable bonds is 3. The molecule has 0 saturated heterocycles. The van der Waals surface area contributed by atoms with Gasteiger partial charge in [-0.05, 0) is 12.0 Å². The van der Waals surface area contributed by atoms with E-state index in [1.54, 1.807) is 6.07 Å². The molecule has 0 bridgehead atoms. The lowest BCUT2D eigenvalue weighted by Gasteiger charge is -2.17. The number of hydrogen-bond donors (Lipinski definition) is 0. The highest BCUT2D eigenvalue weighted by Gasteiger charge is 2.18. The van der Waals surface area contributed by atoms with Crippen LogP contribution in [0.2, 0.25) is 0 Å². The van der Waals surface area contributed by atoms with E-state index in [1.807, 2.05) is 38.1 Å². The van der Waals surface area contributed by atoms with Crippen LogP contribution < -0.4 is 9.47 Å². The molecule has 2 rings (SSSR count). The summed E-state index contributed by atoms with van der Waals surface area (Å²) in [6.07, 6.45) is 0. The van der Waals surface area contributed by atoms with Crippen molar-refractivity contribution in [3.63, 3.8) is 0 Å². The van der Waals surface area contributed by atoms with Gasteiger partial charge in [0.25, 0.3) is 0 Å². The highest BCUT2D eigenvalue weighted by atomic mass is 16.5. The van der Waals surface area contributed by atoms with Crippen LogP contribution in [0, 0.1) is 0 Å². The summed E-state index contributed by atoms with van der Waals surface area (Å²) in [5, 5.41) is 1.50. The monoisotopic (exact) mass is 286 g/mol. The van der Waals surface area contributed by atoms with Gasteiger partial charge >= 0.3 is 11.9 Å². The van der Waals surface area contributed by atoms with Gasteiger partial charge in [-0.2, -0.15) is 0 Å². The summed E-state index contributed by atoms with van der Waals surface area (Å²) in [7, 11) is 0. The zero-order valence-electron chi connectivity index (χ0n) is 12.6. The Hall–Kier alpha value is -2.36. The zero-order chi connectivity index (χ0) is 15.6. The summed E-state index contributed by atoms with van der Waals surface area (Å²) in [5.41, 5.74) is 0.833. The van der Waals surface area contributed by atoms with Crippen molar-refractivity contribution in [2.75, 3.05) is 0 Å². The molecule has 0 aliphatic carbocycles. The fourth-order valence-corrected chi connectivity index (χ4v) is 2.26. The molecule has 4 heteroatoms. The van der Waals surface area contributed by atoms with E-state index in [-0.39, 0.29) is 17.9 Å². The second-order valence-corrected chi connectivity index (χ2v) is 5.18. The molecule has 2 aromatic carbocycles. The topological polar surface area (TPSA) is 52.6 Å². The van der Waals surface area contributed by atoms with E-state index in [4.69, 9.17) is 9.47 Å². The molecular formula is C17H18O4. The quantitative estimate of drug-likeness (QED) is 0.636. The standard InChI is InChI=1S/C17H18O4/c1-10(2)15-9-16(20-11(3)18)13-7-5-6-8-14(13)17(15)21-12(4)19/h5-10H,1-4H3. The Kier molecular flexibility index (Phi) is 4.26. The minimum absolute atomic E-state index is 0.123. The maximum absolute atomic E-state index is 11.4. The van der Waals surface area contributed by atoms with Crippen molar-refractivity contribution < 1.29 is 19.1 Å². The van der Waals surface area contributed by atoms with Crippen LogP contribution in [0.15, 0.2) is 30.3 Å². The van der Waals surface area contributed by atoms with Crippen molar-refractivity contribution in [1.82, 2.24) is 0 Å².